The number of ether oxygens (including phenoxy) is 1. The zero-order valence-corrected chi connectivity index (χ0v) is 66.9. The quantitative estimate of drug-likeness (QED) is 0.0150. The van der Waals surface area contributed by atoms with Crippen molar-refractivity contribution in [3.63, 3.8) is 0 Å². The predicted molar refractivity (Wildman–Crippen MR) is 369 cm³/mol. The molecular formula is C66H129F6O10PSi5. The van der Waals surface area contributed by atoms with Crippen molar-refractivity contribution in [1.82, 2.24) is 0 Å². The molecule has 0 rings (SSSR count). The van der Waals surface area contributed by atoms with E-state index in [2.05, 4.69) is 237 Å². The molecule has 0 heterocycles. The Bertz CT molecular complexity index is 2230. The molecule has 0 radical (unpaired) electrons. The Morgan fingerprint density at radius 1 is 0.500 bits per heavy atom. The molecule has 0 saturated carbocycles. The van der Waals surface area contributed by atoms with Crippen molar-refractivity contribution >= 4 is 55.2 Å². The number of esters is 1. The first-order valence-corrected chi connectivity index (χ1v) is 48.4. The van der Waals surface area contributed by atoms with E-state index in [0.717, 1.165) is 6.42 Å². The van der Waals surface area contributed by atoms with Crippen LogP contribution >= 0.6 is 7.60 Å². The van der Waals surface area contributed by atoms with E-state index in [1.165, 1.54) is 6.08 Å². The average molecular weight is 1370 g/mol. The van der Waals surface area contributed by atoms with Gasteiger partial charge in [0, 0.05) is 18.3 Å². The maximum Gasteiger partial charge on any atom is 0.412 e. The van der Waals surface area contributed by atoms with Crippen LogP contribution < -0.4 is 0 Å². The maximum atomic E-state index is 13.7. The number of allylic oxidation sites excluding steroid dienone is 2. The maximum absolute atomic E-state index is 13.7. The van der Waals surface area contributed by atoms with Crippen LogP contribution in [0.15, 0.2) is 49.1 Å². The Labute approximate surface area is 539 Å². The molecule has 0 amide bonds. The molecule has 0 aliphatic rings. The second-order valence-electron chi connectivity index (χ2n) is 33.2. The van der Waals surface area contributed by atoms with Crippen molar-refractivity contribution in [2.24, 2.45) is 35.5 Å². The normalized spacial score (nSPS) is 18.7. The Morgan fingerprint density at radius 3 is 1.33 bits per heavy atom. The van der Waals surface area contributed by atoms with Gasteiger partial charge in [-0.3, -0.25) is 18.4 Å². The summed E-state index contributed by atoms with van der Waals surface area (Å²) >= 11 is 0. The third kappa shape index (κ3) is 30.2. The smallest absolute Gasteiger partial charge is 0.412 e. The monoisotopic (exact) mass is 1370 g/mol. The van der Waals surface area contributed by atoms with Gasteiger partial charge in [0.2, 0.25) is 0 Å². The van der Waals surface area contributed by atoms with Gasteiger partial charge < -0.3 is 26.9 Å². The lowest BCUT2D eigenvalue weighted by atomic mass is 9.82. The lowest BCUT2D eigenvalue weighted by molar-refractivity contribution is -0.167. The van der Waals surface area contributed by atoms with Gasteiger partial charge in [0.05, 0.1) is 31.0 Å². The summed E-state index contributed by atoms with van der Waals surface area (Å²) in [4.78, 5) is 13.7. The molecule has 0 bridgehead atoms. The summed E-state index contributed by atoms with van der Waals surface area (Å²) in [6.45, 7) is 68.9. The standard InChI is InChI=1S/C66H129F6O10PSi5/c1-33-34-36-50(4)59(78-57(73)45-83(74,75-46-65(67,68)69)76-47-66(70,71)72)53(7)55(80-86(27,28)62(14,15)16)41-38-48(2)43-52(6)58(82-88(31,32)64(20,21)22)51(5)39-40-54(79-85(25,26)61(11,12)13)44-56(81-87(29,30)63(17,18)19)49(3)37-35-42-77-84(23,24)60(8,9)10/h33-37,39-40,48-56,58-59H,1,38,41-47H2,2-32H3/b36-34-,37-35+,40-39-/t48-,49+,50-,51-,52-,53-,54+,55+,56-,58-,59-/m0/s1. The van der Waals surface area contributed by atoms with Crippen molar-refractivity contribution in [2.75, 3.05) is 26.0 Å². The number of hydrogen-bond donors (Lipinski definition) is 0. The highest BCUT2D eigenvalue weighted by atomic mass is 31.2. The van der Waals surface area contributed by atoms with E-state index in [9.17, 15) is 35.7 Å². The Balaban J connectivity index is 7.68. The van der Waals surface area contributed by atoms with Crippen LogP contribution in [0.25, 0.3) is 0 Å². The van der Waals surface area contributed by atoms with E-state index in [4.69, 9.17) is 26.9 Å². The molecule has 0 N–H and O–H groups in total. The Hall–Kier alpha value is -0.956. The third-order valence-corrected chi connectivity index (χ3v) is 44.0. The molecule has 22 heteroatoms. The highest BCUT2D eigenvalue weighted by Gasteiger charge is 2.48. The number of halogens is 6. The van der Waals surface area contributed by atoms with E-state index in [1.54, 1.807) is 19.1 Å². The summed E-state index contributed by atoms with van der Waals surface area (Å²) in [7, 11) is -16.8. The van der Waals surface area contributed by atoms with Crippen molar-refractivity contribution in [2.45, 2.75) is 305 Å². The summed E-state index contributed by atoms with van der Waals surface area (Å²) < 4.78 is 144. The molecule has 0 spiro atoms. The van der Waals surface area contributed by atoms with Gasteiger partial charge in [-0.1, -0.05) is 195 Å². The van der Waals surface area contributed by atoms with Crippen LogP contribution in [-0.2, 0) is 45.3 Å². The van der Waals surface area contributed by atoms with Gasteiger partial charge in [-0.25, -0.2) is 0 Å². The highest BCUT2D eigenvalue weighted by molar-refractivity contribution is 7.54. The summed E-state index contributed by atoms with van der Waals surface area (Å²) in [6, 6.07) is 0. The number of alkyl halides is 6. The van der Waals surface area contributed by atoms with Crippen molar-refractivity contribution < 1.29 is 71.6 Å². The first-order valence-electron chi connectivity index (χ1n) is 32.2. The van der Waals surface area contributed by atoms with Gasteiger partial charge >= 0.3 is 25.9 Å². The summed E-state index contributed by atoms with van der Waals surface area (Å²) in [5, 5.41) is -0.287. The lowest BCUT2D eigenvalue weighted by Gasteiger charge is -2.44. The average Bonchev–Trinajstić information content (AvgIpc) is 1.88. The molecule has 0 aromatic heterocycles. The molecule has 0 saturated heterocycles. The molecular weight excluding hydrogens is 1240 g/mol. The molecule has 0 fully saturated rings. The van der Waals surface area contributed by atoms with E-state index in [1.807, 2.05) is 6.92 Å². The molecule has 0 aromatic carbocycles. The largest absolute Gasteiger partial charge is 0.461 e. The first-order chi connectivity index (χ1) is 39.0. The fraction of sp³-hybridized carbons (Fsp3) is 0.864. The van der Waals surface area contributed by atoms with E-state index in [-0.39, 0.29) is 67.2 Å². The molecule has 0 aliphatic heterocycles. The first kappa shape index (κ1) is 87.0. The van der Waals surface area contributed by atoms with E-state index in [0.29, 0.717) is 25.9 Å². The topological polar surface area (TPSA) is 108 Å². The van der Waals surface area contributed by atoms with Crippen LogP contribution in [-0.4, -0.2) is 116 Å². The van der Waals surface area contributed by atoms with Crippen LogP contribution in [0.1, 0.15) is 171 Å². The fourth-order valence-corrected chi connectivity index (χ4v) is 16.7. The summed E-state index contributed by atoms with van der Waals surface area (Å²) in [6.07, 6.45) is 2.98. The van der Waals surface area contributed by atoms with Crippen LogP contribution in [0.2, 0.25) is 90.7 Å². The van der Waals surface area contributed by atoms with Gasteiger partial charge in [-0.2, -0.15) is 26.3 Å². The van der Waals surface area contributed by atoms with Gasteiger partial charge in [0.1, 0.15) is 12.3 Å². The lowest BCUT2D eigenvalue weighted by Crippen LogP contribution is -2.48. The number of rotatable bonds is 36. The van der Waals surface area contributed by atoms with Gasteiger partial charge in [-0.15, -0.1) is 0 Å². The van der Waals surface area contributed by atoms with Crippen LogP contribution in [0.5, 0.6) is 0 Å². The zero-order chi connectivity index (χ0) is 69.7. The molecule has 0 aliphatic carbocycles. The minimum Gasteiger partial charge on any atom is -0.461 e. The number of carbonyl (C=O) groups excluding carboxylic acids is 1. The minimum absolute atomic E-state index is 0.0160. The fourth-order valence-electron chi connectivity index (χ4n) is 8.82. The number of hydrogen-bond acceptors (Lipinski definition) is 10. The van der Waals surface area contributed by atoms with Crippen molar-refractivity contribution in [3.8, 4) is 0 Å². The number of carbonyl (C=O) groups is 1. The SMILES string of the molecule is C=C/C=C\[C@H](C)[C@H](OC(=O)CP(=O)(OCC(F)(F)F)OCC(F)(F)F)[C@@H](C)[C@@H](CC[C@H](C)C[C@H](C)[C@@H](O[Si](C)(C)C(C)(C)C)[C@@H](C)/C=C\[C@H](C[C@H](O[Si](C)(C)C(C)(C)C)[C@H](C)/C=C/CO[Si](C)(C)C(C)(C)C)O[Si](C)(C)C(C)(C)C)O[Si](C)(C)C(C)(C)C. The van der Waals surface area contributed by atoms with Crippen molar-refractivity contribution in [1.29, 1.82) is 0 Å². The summed E-state index contributed by atoms with van der Waals surface area (Å²) in [5.74, 6) is -2.19. The summed E-state index contributed by atoms with van der Waals surface area (Å²) in [5.41, 5.74) is 0. The second kappa shape index (κ2) is 33.6. The zero-order valence-electron chi connectivity index (χ0n) is 61.1. The van der Waals surface area contributed by atoms with Gasteiger partial charge in [-0.05, 0) is 134 Å². The second-order valence-corrected chi connectivity index (χ2v) is 59.1. The Kier molecular flexibility index (Phi) is 33.3. The van der Waals surface area contributed by atoms with Crippen LogP contribution in [0.3, 0.4) is 0 Å². The molecule has 88 heavy (non-hydrogen) atoms. The molecule has 10 nitrogen and oxygen atoms in total. The van der Waals surface area contributed by atoms with Crippen LogP contribution in [0, 0.1) is 35.5 Å². The molecule has 0 unspecified atom stereocenters. The predicted octanol–water partition coefficient (Wildman–Crippen LogP) is 22.1. The van der Waals surface area contributed by atoms with E-state index < -0.39 is 111 Å². The minimum atomic E-state index is -5.32. The van der Waals surface area contributed by atoms with E-state index >= 15 is 0 Å². The molecule has 520 valence electrons. The van der Waals surface area contributed by atoms with Gasteiger partial charge in [0.25, 0.3) is 0 Å². The third-order valence-electron chi connectivity index (χ3n) is 19.9. The molecule has 11 atom stereocenters. The highest BCUT2D eigenvalue weighted by Crippen LogP contribution is 2.51. The van der Waals surface area contributed by atoms with Gasteiger partial charge in [0.15, 0.2) is 54.8 Å². The van der Waals surface area contributed by atoms with Crippen LogP contribution in [0.4, 0.5) is 26.3 Å². The Morgan fingerprint density at radius 2 is 0.909 bits per heavy atom. The van der Waals surface area contributed by atoms with Crippen molar-refractivity contribution in [3.05, 3.63) is 49.1 Å². The molecule has 0 aromatic rings.